The average Bonchev–Trinajstić information content (AvgIpc) is 3.38. The number of fused-ring (bicyclic) bond motifs is 1. The number of thiazole rings is 1. The van der Waals surface area contributed by atoms with Gasteiger partial charge >= 0.3 is 0 Å². The molecule has 1 N–H and O–H groups in total. The summed E-state index contributed by atoms with van der Waals surface area (Å²) in [5, 5.41) is 6.03. The molecule has 0 aliphatic carbocycles. The summed E-state index contributed by atoms with van der Waals surface area (Å²) < 4.78 is 16.0. The predicted molar refractivity (Wildman–Crippen MR) is 126 cm³/mol. The van der Waals surface area contributed by atoms with Crippen molar-refractivity contribution in [2.24, 2.45) is 0 Å². The van der Waals surface area contributed by atoms with Gasteiger partial charge in [-0.2, -0.15) is 4.98 Å². The fourth-order valence-corrected chi connectivity index (χ4v) is 5.12. The number of methoxy groups -OCH3 is 3. The van der Waals surface area contributed by atoms with Crippen molar-refractivity contribution in [3.8, 4) is 22.9 Å². The Morgan fingerprint density at radius 2 is 1.91 bits per heavy atom. The molecular formula is C22H22N4O4S2. The molecule has 0 fully saturated rings. The molecule has 0 bridgehead atoms. The van der Waals surface area contributed by atoms with Crippen LogP contribution in [0.5, 0.6) is 11.6 Å². The zero-order chi connectivity index (χ0) is 22.8. The van der Waals surface area contributed by atoms with Crippen LogP contribution in [0.15, 0.2) is 23.6 Å². The van der Waals surface area contributed by atoms with Crippen LogP contribution in [0.1, 0.15) is 26.6 Å². The number of carbonyl (C=O) groups is 1. The van der Waals surface area contributed by atoms with E-state index in [2.05, 4.69) is 20.3 Å². The molecule has 1 amide bonds. The number of carbonyl (C=O) groups excluding carboxylic acids is 1. The van der Waals surface area contributed by atoms with Crippen LogP contribution in [0.2, 0.25) is 0 Å². The van der Waals surface area contributed by atoms with Crippen LogP contribution in [-0.4, -0.2) is 42.2 Å². The molecule has 0 saturated carbocycles. The van der Waals surface area contributed by atoms with Crippen LogP contribution in [0.4, 0.5) is 5.13 Å². The number of rotatable bonds is 7. The lowest BCUT2D eigenvalue weighted by molar-refractivity contribution is 0.103. The van der Waals surface area contributed by atoms with Crippen LogP contribution in [-0.2, 0) is 11.3 Å². The fraction of sp³-hybridized carbons (Fsp3) is 0.273. The lowest BCUT2D eigenvalue weighted by Gasteiger charge is -2.07. The van der Waals surface area contributed by atoms with Crippen molar-refractivity contribution in [1.29, 1.82) is 0 Å². The highest BCUT2D eigenvalue weighted by atomic mass is 32.1. The predicted octanol–water partition coefficient (Wildman–Crippen LogP) is 4.85. The highest BCUT2D eigenvalue weighted by Crippen LogP contribution is 2.36. The Bertz CT molecular complexity index is 1300. The van der Waals surface area contributed by atoms with Crippen LogP contribution in [0.25, 0.3) is 21.5 Å². The van der Waals surface area contributed by atoms with Crippen LogP contribution < -0.4 is 14.8 Å². The number of hydrogen-bond acceptors (Lipinski definition) is 9. The fourth-order valence-electron chi connectivity index (χ4n) is 3.33. The van der Waals surface area contributed by atoms with Gasteiger partial charge in [0, 0.05) is 18.1 Å². The summed E-state index contributed by atoms with van der Waals surface area (Å²) in [6.45, 7) is 4.13. The van der Waals surface area contributed by atoms with Gasteiger partial charge in [0.05, 0.1) is 30.2 Å². The average molecular weight is 471 g/mol. The number of anilines is 1. The van der Waals surface area contributed by atoms with Gasteiger partial charge in [0.25, 0.3) is 5.91 Å². The minimum absolute atomic E-state index is 0.252. The van der Waals surface area contributed by atoms with Crippen molar-refractivity contribution in [3.63, 3.8) is 0 Å². The van der Waals surface area contributed by atoms with E-state index in [9.17, 15) is 4.79 Å². The molecule has 10 heteroatoms. The monoisotopic (exact) mass is 470 g/mol. The summed E-state index contributed by atoms with van der Waals surface area (Å²) in [6, 6.07) is 5.91. The maximum atomic E-state index is 13.1. The number of hydrogen-bond donors (Lipinski definition) is 1. The zero-order valence-electron chi connectivity index (χ0n) is 18.3. The number of nitrogens with zero attached hydrogens (tertiary/aromatic N) is 3. The first kappa shape index (κ1) is 22.1. The molecule has 0 aliphatic rings. The Morgan fingerprint density at radius 3 is 2.62 bits per heavy atom. The summed E-state index contributed by atoms with van der Waals surface area (Å²) in [6.07, 6.45) is 0. The maximum absolute atomic E-state index is 13.1. The molecule has 4 aromatic rings. The standard InChI is InChI=1S/C22H22N4O4S2/c1-11-6-7-15(29-4)13(8-11)14-10-31-22(23-14)26-19(27)18-12(2)17-20(30-5)24-16(9-28-3)25-21(17)32-18/h6-8,10H,9H2,1-5H3,(H,23,26,27). The number of aromatic nitrogens is 3. The quantitative estimate of drug-likeness (QED) is 0.413. The number of thiophene rings is 1. The Labute approximate surface area is 193 Å². The molecule has 0 aliphatic heterocycles. The number of amides is 1. The molecule has 3 heterocycles. The lowest BCUT2D eigenvalue weighted by atomic mass is 10.1. The smallest absolute Gasteiger partial charge is 0.267 e. The summed E-state index contributed by atoms with van der Waals surface area (Å²) in [7, 11) is 4.75. The minimum Gasteiger partial charge on any atom is -0.496 e. The van der Waals surface area contributed by atoms with E-state index in [0.29, 0.717) is 26.5 Å². The van der Waals surface area contributed by atoms with Crippen molar-refractivity contribution in [1.82, 2.24) is 15.0 Å². The molecular weight excluding hydrogens is 448 g/mol. The zero-order valence-corrected chi connectivity index (χ0v) is 19.9. The van der Waals surface area contributed by atoms with Gasteiger partial charge in [-0.25, -0.2) is 9.97 Å². The van der Waals surface area contributed by atoms with Gasteiger partial charge in [-0.05, 0) is 31.5 Å². The van der Waals surface area contributed by atoms with E-state index < -0.39 is 0 Å². The van der Waals surface area contributed by atoms with Crippen LogP contribution in [0.3, 0.4) is 0 Å². The van der Waals surface area contributed by atoms with Crippen molar-refractivity contribution >= 4 is 43.9 Å². The summed E-state index contributed by atoms with van der Waals surface area (Å²) in [4.78, 5) is 27.8. The van der Waals surface area contributed by atoms with Gasteiger partial charge in [0.1, 0.15) is 17.2 Å². The summed E-state index contributed by atoms with van der Waals surface area (Å²) in [5.74, 6) is 1.41. The second-order valence-electron chi connectivity index (χ2n) is 7.01. The van der Waals surface area contributed by atoms with Crippen molar-refractivity contribution in [2.45, 2.75) is 20.5 Å². The molecule has 166 valence electrons. The maximum Gasteiger partial charge on any atom is 0.267 e. The van der Waals surface area contributed by atoms with Gasteiger partial charge in [-0.3, -0.25) is 10.1 Å². The summed E-state index contributed by atoms with van der Waals surface area (Å²) >= 11 is 2.65. The van der Waals surface area contributed by atoms with E-state index in [0.717, 1.165) is 33.5 Å². The first-order valence-electron chi connectivity index (χ1n) is 9.70. The number of ether oxygens (including phenoxy) is 3. The van der Waals surface area contributed by atoms with E-state index >= 15 is 0 Å². The third-order valence-electron chi connectivity index (χ3n) is 4.83. The third-order valence-corrected chi connectivity index (χ3v) is 6.77. The highest BCUT2D eigenvalue weighted by Gasteiger charge is 2.22. The Balaban J connectivity index is 1.64. The molecule has 0 unspecified atom stereocenters. The molecule has 0 radical (unpaired) electrons. The SMILES string of the molecule is COCc1nc(OC)c2c(C)c(C(=O)Nc3nc(-c4cc(C)ccc4OC)cs3)sc2n1. The third kappa shape index (κ3) is 4.16. The van der Waals surface area contributed by atoms with Gasteiger partial charge in [-0.1, -0.05) is 11.6 Å². The molecule has 8 nitrogen and oxygen atoms in total. The van der Waals surface area contributed by atoms with Gasteiger partial charge < -0.3 is 14.2 Å². The molecule has 32 heavy (non-hydrogen) atoms. The Morgan fingerprint density at radius 1 is 1.09 bits per heavy atom. The van der Waals surface area contributed by atoms with E-state index in [-0.39, 0.29) is 12.5 Å². The van der Waals surface area contributed by atoms with E-state index in [4.69, 9.17) is 14.2 Å². The minimum atomic E-state index is -0.252. The lowest BCUT2D eigenvalue weighted by Crippen LogP contribution is -2.11. The Hall–Kier alpha value is -3.08. The van der Waals surface area contributed by atoms with Crippen molar-refractivity contribution < 1.29 is 19.0 Å². The second kappa shape index (κ2) is 9.19. The number of aryl methyl sites for hydroxylation is 2. The molecule has 3 aromatic heterocycles. The summed E-state index contributed by atoms with van der Waals surface area (Å²) in [5.41, 5.74) is 3.49. The molecule has 1 aromatic carbocycles. The topological polar surface area (TPSA) is 95.5 Å². The van der Waals surface area contributed by atoms with Crippen molar-refractivity contribution in [3.05, 3.63) is 45.4 Å². The van der Waals surface area contributed by atoms with E-state index in [1.54, 1.807) is 21.3 Å². The highest BCUT2D eigenvalue weighted by molar-refractivity contribution is 7.21. The number of nitrogens with one attached hydrogen (secondary N) is 1. The van der Waals surface area contributed by atoms with Gasteiger partial charge in [-0.15, -0.1) is 22.7 Å². The Kier molecular flexibility index (Phi) is 6.35. The first-order valence-corrected chi connectivity index (χ1v) is 11.4. The molecule has 0 saturated heterocycles. The van der Waals surface area contributed by atoms with Crippen LogP contribution in [0, 0.1) is 13.8 Å². The van der Waals surface area contributed by atoms with Crippen molar-refractivity contribution in [2.75, 3.05) is 26.6 Å². The van der Waals surface area contributed by atoms with Crippen LogP contribution >= 0.6 is 22.7 Å². The van der Waals surface area contributed by atoms with Gasteiger partial charge in [0.2, 0.25) is 5.88 Å². The van der Waals surface area contributed by atoms with E-state index in [1.165, 1.54) is 22.7 Å². The molecule has 0 atom stereocenters. The van der Waals surface area contributed by atoms with Gasteiger partial charge in [0.15, 0.2) is 11.0 Å². The largest absolute Gasteiger partial charge is 0.496 e. The number of benzene rings is 1. The normalized spacial score (nSPS) is 11.0. The second-order valence-corrected chi connectivity index (χ2v) is 8.87. The molecule has 4 rings (SSSR count). The first-order chi connectivity index (χ1) is 15.4. The molecule has 0 spiro atoms. The van der Waals surface area contributed by atoms with E-state index in [1.807, 2.05) is 37.4 Å².